The first-order valence-corrected chi connectivity index (χ1v) is 6.85. The van der Waals surface area contributed by atoms with Gasteiger partial charge in [0.15, 0.2) is 0 Å². The average Bonchev–Trinajstić information content (AvgIpc) is 2.41. The van der Waals surface area contributed by atoms with Crippen molar-refractivity contribution in [3.63, 3.8) is 0 Å². The van der Waals surface area contributed by atoms with Crippen molar-refractivity contribution < 1.29 is 29.6 Å². The molecule has 6 heteroatoms. The second-order valence-corrected chi connectivity index (χ2v) is 4.83. The van der Waals surface area contributed by atoms with E-state index in [4.69, 9.17) is 9.47 Å². The fourth-order valence-electron chi connectivity index (χ4n) is 2.24. The standard InChI is InChI=1S/C13H24O6/c1-3-5-6-18-13(17)10-9(7-14)19-8(4-2)11(15)12(10)16/h8-12,14-16H,3-7H2,1-2H3. The van der Waals surface area contributed by atoms with Crippen LogP contribution in [-0.4, -0.2) is 58.9 Å². The van der Waals surface area contributed by atoms with Gasteiger partial charge in [-0.1, -0.05) is 20.3 Å². The van der Waals surface area contributed by atoms with Crippen LogP contribution in [0.2, 0.25) is 0 Å². The summed E-state index contributed by atoms with van der Waals surface area (Å²) in [5.41, 5.74) is 0. The monoisotopic (exact) mass is 276 g/mol. The zero-order valence-corrected chi connectivity index (χ0v) is 11.5. The summed E-state index contributed by atoms with van der Waals surface area (Å²) in [6.07, 6.45) is -1.71. The molecule has 1 aliphatic heterocycles. The fourth-order valence-corrected chi connectivity index (χ4v) is 2.24. The van der Waals surface area contributed by atoms with Crippen LogP contribution in [0.15, 0.2) is 0 Å². The molecule has 0 aromatic carbocycles. The molecule has 0 radical (unpaired) electrons. The first-order chi connectivity index (χ1) is 9.06. The molecular formula is C13H24O6. The number of carbonyl (C=O) groups is 1. The summed E-state index contributed by atoms with van der Waals surface area (Å²) < 4.78 is 10.5. The number of aliphatic hydroxyl groups excluding tert-OH is 3. The van der Waals surface area contributed by atoms with Gasteiger partial charge in [-0.3, -0.25) is 4.79 Å². The molecular weight excluding hydrogens is 252 g/mol. The zero-order valence-electron chi connectivity index (χ0n) is 11.5. The molecule has 5 unspecified atom stereocenters. The van der Waals surface area contributed by atoms with E-state index in [-0.39, 0.29) is 6.61 Å². The third kappa shape index (κ3) is 3.89. The molecule has 5 atom stereocenters. The predicted octanol–water partition coefficient (Wildman–Crippen LogP) is -0.163. The van der Waals surface area contributed by atoms with E-state index in [2.05, 4.69) is 0 Å². The molecule has 1 rings (SSSR count). The van der Waals surface area contributed by atoms with E-state index in [9.17, 15) is 20.1 Å². The maximum atomic E-state index is 11.9. The highest BCUT2D eigenvalue weighted by atomic mass is 16.6. The molecule has 0 saturated carbocycles. The van der Waals surface area contributed by atoms with Gasteiger partial charge in [-0.25, -0.2) is 0 Å². The lowest BCUT2D eigenvalue weighted by atomic mass is 9.86. The van der Waals surface area contributed by atoms with Gasteiger partial charge in [0.05, 0.1) is 31.5 Å². The normalized spacial score (nSPS) is 35.1. The fraction of sp³-hybridized carbons (Fsp3) is 0.923. The topological polar surface area (TPSA) is 96.2 Å². The Morgan fingerprint density at radius 2 is 1.89 bits per heavy atom. The number of rotatable bonds is 6. The number of hydrogen-bond donors (Lipinski definition) is 3. The average molecular weight is 276 g/mol. The van der Waals surface area contributed by atoms with Crippen LogP contribution in [0.3, 0.4) is 0 Å². The van der Waals surface area contributed by atoms with Crippen LogP contribution in [0.5, 0.6) is 0 Å². The number of unbranched alkanes of at least 4 members (excludes halogenated alkanes) is 1. The molecule has 3 N–H and O–H groups in total. The van der Waals surface area contributed by atoms with Crippen LogP contribution < -0.4 is 0 Å². The van der Waals surface area contributed by atoms with Gasteiger partial charge in [0.25, 0.3) is 0 Å². The minimum atomic E-state index is -1.27. The third-order valence-corrected chi connectivity index (χ3v) is 3.45. The maximum Gasteiger partial charge on any atom is 0.314 e. The van der Waals surface area contributed by atoms with Gasteiger partial charge in [-0.05, 0) is 12.8 Å². The quantitative estimate of drug-likeness (QED) is 0.461. The van der Waals surface area contributed by atoms with Crippen LogP contribution in [0, 0.1) is 5.92 Å². The highest BCUT2D eigenvalue weighted by Crippen LogP contribution is 2.28. The Morgan fingerprint density at radius 3 is 2.42 bits per heavy atom. The van der Waals surface area contributed by atoms with Gasteiger partial charge >= 0.3 is 5.97 Å². The van der Waals surface area contributed by atoms with Gasteiger partial charge in [0, 0.05) is 0 Å². The van der Waals surface area contributed by atoms with Crippen molar-refractivity contribution in [1.82, 2.24) is 0 Å². The number of hydrogen-bond acceptors (Lipinski definition) is 6. The highest BCUT2D eigenvalue weighted by Gasteiger charge is 2.47. The Bertz CT molecular complexity index is 280. The maximum absolute atomic E-state index is 11.9. The molecule has 6 nitrogen and oxygen atoms in total. The van der Waals surface area contributed by atoms with Crippen molar-refractivity contribution in [2.75, 3.05) is 13.2 Å². The Hall–Kier alpha value is -0.690. The van der Waals surface area contributed by atoms with Crippen LogP contribution in [0.25, 0.3) is 0 Å². The first kappa shape index (κ1) is 16.4. The molecule has 0 aliphatic carbocycles. The number of aliphatic hydroxyl groups is 3. The van der Waals surface area contributed by atoms with Crippen molar-refractivity contribution in [3.8, 4) is 0 Å². The lowest BCUT2D eigenvalue weighted by Gasteiger charge is -2.40. The van der Waals surface area contributed by atoms with Crippen LogP contribution in [0.1, 0.15) is 33.1 Å². The summed E-state index contributed by atoms with van der Waals surface area (Å²) >= 11 is 0. The van der Waals surface area contributed by atoms with Crippen molar-refractivity contribution in [2.45, 2.75) is 57.5 Å². The molecule has 0 bridgehead atoms. The molecule has 0 spiro atoms. The van der Waals surface area contributed by atoms with E-state index in [1.54, 1.807) is 6.92 Å². The molecule has 1 heterocycles. The van der Waals surface area contributed by atoms with E-state index in [0.29, 0.717) is 6.42 Å². The predicted molar refractivity (Wildman–Crippen MR) is 67.4 cm³/mol. The molecule has 112 valence electrons. The zero-order chi connectivity index (χ0) is 14.4. The number of carbonyl (C=O) groups excluding carboxylic acids is 1. The van der Waals surface area contributed by atoms with Crippen molar-refractivity contribution in [2.24, 2.45) is 5.92 Å². The molecule has 1 saturated heterocycles. The van der Waals surface area contributed by atoms with Crippen molar-refractivity contribution in [3.05, 3.63) is 0 Å². The summed E-state index contributed by atoms with van der Waals surface area (Å²) in [6, 6.07) is 0. The molecule has 19 heavy (non-hydrogen) atoms. The number of ether oxygens (including phenoxy) is 2. The minimum absolute atomic E-state index is 0.268. The summed E-state index contributed by atoms with van der Waals surface area (Å²) in [7, 11) is 0. The van der Waals surface area contributed by atoms with Gasteiger partial charge in [-0.15, -0.1) is 0 Å². The summed E-state index contributed by atoms with van der Waals surface area (Å²) in [6.45, 7) is 3.64. The van der Waals surface area contributed by atoms with Gasteiger partial charge in [-0.2, -0.15) is 0 Å². The first-order valence-electron chi connectivity index (χ1n) is 6.85. The smallest absolute Gasteiger partial charge is 0.314 e. The molecule has 0 aromatic heterocycles. The van der Waals surface area contributed by atoms with Crippen LogP contribution >= 0.6 is 0 Å². The molecule has 0 aromatic rings. The Morgan fingerprint density at radius 1 is 1.21 bits per heavy atom. The van der Waals surface area contributed by atoms with Gasteiger partial charge in [0.2, 0.25) is 0 Å². The van der Waals surface area contributed by atoms with E-state index in [1.165, 1.54) is 0 Å². The van der Waals surface area contributed by atoms with Gasteiger partial charge in [0.1, 0.15) is 12.0 Å². The van der Waals surface area contributed by atoms with E-state index < -0.39 is 42.9 Å². The molecule has 0 amide bonds. The van der Waals surface area contributed by atoms with Gasteiger partial charge < -0.3 is 24.8 Å². The van der Waals surface area contributed by atoms with Crippen LogP contribution in [0.4, 0.5) is 0 Å². The lowest BCUT2D eigenvalue weighted by Crippen LogP contribution is -2.58. The largest absolute Gasteiger partial charge is 0.465 e. The van der Waals surface area contributed by atoms with Crippen LogP contribution in [-0.2, 0) is 14.3 Å². The minimum Gasteiger partial charge on any atom is -0.465 e. The van der Waals surface area contributed by atoms with Crippen molar-refractivity contribution >= 4 is 5.97 Å². The lowest BCUT2D eigenvalue weighted by molar-refractivity contribution is -0.218. The summed E-state index contributed by atoms with van der Waals surface area (Å²) in [5.74, 6) is -1.67. The van der Waals surface area contributed by atoms with E-state index in [0.717, 1.165) is 12.8 Å². The number of esters is 1. The Kier molecular flexibility index (Phi) is 6.71. The molecule has 1 aliphatic rings. The second kappa shape index (κ2) is 7.79. The highest BCUT2D eigenvalue weighted by molar-refractivity contribution is 5.74. The summed E-state index contributed by atoms with van der Waals surface area (Å²) in [4.78, 5) is 11.9. The Balaban J connectivity index is 2.70. The molecule has 1 fully saturated rings. The third-order valence-electron chi connectivity index (χ3n) is 3.45. The van der Waals surface area contributed by atoms with E-state index in [1.807, 2.05) is 6.92 Å². The SMILES string of the molecule is CCCCOC(=O)C1C(CO)OC(CC)C(O)C1O. The van der Waals surface area contributed by atoms with Crippen molar-refractivity contribution in [1.29, 1.82) is 0 Å². The Labute approximate surface area is 113 Å². The second-order valence-electron chi connectivity index (χ2n) is 4.83. The summed E-state index contributed by atoms with van der Waals surface area (Å²) in [5, 5.41) is 29.2. The van der Waals surface area contributed by atoms with E-state index >= 15 is 0 Å².